The third-order valence-corrected chi connectivity index (χ3v) is 6.68. The Morgan fingerprint density at radius 2 is 1.78 bits per heavy atom. The highest BCUT2D eigenvalue weighted by Gasteiger charge is 2.39. The third-order valence-electron chi connectivity index (χ3n) is 4.24. The fraction of sp³-hybridized carbons (Fsp3) is 1.00. The van der Waals surface area contributed by atoms with Gasteiger partial charge < -0.3 is 5.11 Å². The second-order valence-corrected chi connectivity index (χ2v) is 7.96. The highest BCUT2D eigenvalue weighted by atomic mass is 32.2. The second kappa shape index (κ2) is 5.88. The van der Waals surface area contributed by atoms with Crippen LogP contribution < -0.4 is 0 Å². The molecule has 0 aromatic carbocycles. The zero-order valence-electron chi connectivity index (χ0n) is 11.2. The van der Waals surface area contributed by atoms with E-state index < -0.39 is 16.1 Å². The van der Waals surface area contributed by atoms with Crippen LogP contribution in [-0.2, 0) is 10.0 Å². The summed E-state index contributed by atoms with van der Waals surface area (Å²) >= 11 is 0. The molecule has 0 spiro atoms. The summed E-state index contributed by atoms with van der Waals surface area (Å²) in [4.78, 5) is 0. The van der Waals surface area contributed by atoms with Gasteiger partial charge in [-0.2, -0.15) is 4.31 Å². The highest BCUT2D eigenvalue weighted by molar-refractivity contribution is 7.89. The number of sulfonamides is 1. The average Bonchev–Trinajstić information content (AvgIpc) is 2.82. The van der Waals surface area contributed by atoms with Crippen molar-refractivity contribution in [1.29, 1.82) is 0 Å². The van der Waals surface area contributed by atoms with E-state index in [1.54, 1.807) is 11.2 Å². The van der Waals surface area contributed by atoms with Gasteiger partial charge in [-0.25, -0.2) is 8.42 Å². The van der Waals surface area contributed by atoms with Crippen molar-refractivity contribution in [1.82, 2.24) is 4.31 Å². The molecule has 0 bridgehead atoms. The summed E-state index contributed by atoms with van der Waals surface area (Å²) in [7, 11) is -3.13. The van der Waals surface area contributed by atoms with Crippen LogP contribution in [0.15, 0.2) is 0 Å². The van der Waals surface area contributed by atoms with Crippen molar-refractivity contribution in [3.05, 3.63) is 0 Å². The fourth-order valence-electron chi connectivity index (χ4n) is 3.32. The van der Waals surface area contributed by atoms with Gasteiger partial charge in [-0.15, -0.1) is 0 Å². The summed E-state index contributed by atoms with van der Waals surface area (Å²) in [5.74, 6) is 0. The molecule has 1 aliphatic carbocycles. The zero-order valence-corrected chi connectivity index (χ0v) is 12.0. The van der Waals surface area contributed by atoms with Crippen molar-refractivity contribution in [2.75, 3.05) is 6.54 Å². The highest BCUT2D eigenvalue weighted by Crippen LogP contribution is 2.32. The van der Waals surface area contributed by atoms with E-state index in [0.717, 1.165) is 44.9 Å². The molecule has 2 fully saturated rings. The lowest BCUT2D eigenvalue weighted by Gasteiger charge is -2.37. The molecule has 0 radical (unpaired) electrons. The second-order valence-electron chi connectivity index (χ2n) is 5.80. The number of nitrogens with zero attached hydrogens (tertiary/aromatic N) is 1. The van der Waals surface area contributed by atoms with Crippen LogP contribution in [0.2, 0.25) is 0 Å². The molecule has 2 aliphatic rings. The van der Waals surface area contributed by atoms with Gasteiger partial charge in [0.25, 0.3) is 0 Å². The number of hydrogen-bond acceptors (Lipinski definition) is 3. The molecule has 2 rings (SSSR count). The van der Waals surface area contributed by atoms with Crippen molar-refractivity contribution < 1.29 is 13.5 Å². The predicted octanol–water partition coefficient (Wildman–Crippen LogP) is 1.88. The van der Waals surface area contributed by atoms with Gasteiger partial charge in [0.05, 0.1) is 11.4 Å². The first-order valence-corrected chi connectivity index (χ1v) is 8.71. The summed E-state index contributed by atoms with van der Waals surface area (Å²) < 4.78 is 27.0. The normalized spacial score (nSPS) is 29.6. The van der Waals surface area contributed by atoms with Gasteiger partial charge in [0.15, 0.2) is 0 Å². The minimum atomic E-state index is -3.13. The Bertz CT molecular complexity index is 360. The van der Waals surface area contributed by atoms with Crippen molar-refractivity contribution in [2.45, 2.75) is 75.7 Å². The van der Waals surface area contributed by atoms with Gasteiger partial charge in [0.1, 0.15) is 0 Å². The Morgan fingerprint density at radius 1 is 1.17 bits per heavy atom. The number of piperidine rings is 1. The van der Waals surface area contributed by atoms with E-state index >= 15 is 0 Å². The number of rotatable bonds is 4. The summed E-state index contributed by atoms with van der Waals surface area (Å²) in [5.41, 5.74) is 0. The minimum absolute atomic E-state index is 0.0179. The number of aliphatic hydroxyl groups excluding tert-OH is 1. The maximum Gasteiger partial charge on any atom is 0.217 e. The number of hydrogen-bond donors (Lipinski definition) is 1. The SMILES string of the molecule is CC(O)CC1CCCCN1S(=O)(=O)C1CCCC1. The van der Waals surface area contributed by atoms with Crippen molar-refractivity contribution >= 4 is 10.0 Å². The molecular weight excluding hydrogens is 250 g/mol. The Hall–Kier alpha value is -0.130. The van der Waals surface area contributed by atoms with Crippen LogP contribution in [0.3, 0.4) is 0 Å². The van der Waals surface area contributed by atoms with Crippen LogP contribution in [0.25, 0.3) is 0 Å². The van der Waals surface area contributed by atoms with E-state index in [4.69, 9.17) is 0 Å². The molecule has 5 heteroatoms. The first-order chi connectivity index (χ1) is 8.51. The maximum absolute atomic E-state index is 12.6. The van der Waals surface area contributed by atoms with E-state index in [-0.39, 0.29) is 11.3 Å². The molecule has 1 N–H and O–H groups in total. The molecule has 1 saturated carbocycles. The Labute approximate surface area is 110 Å². The lowest BCUT2D eigenvalue weighted by Crippen LogP contribution is -2.48. The van der Waals surface area contributed by atoms with Crippen LogP contribution >= 0.6 is 0 Å². The smallest absolute Gasteiger partial charge is 0.217 e. The molecule has 106 valence electrons. The molecule has 0 aromatic heterocycles. The molecular formula is C13H25NO3S. The lowest BCUT2D eigenvalue weighted by atomic mass is 10.00. The first-order valence-electron chi connectivity index (χ1n) is 7.20. The van der Waals surface area contributed by atoms with Gasteiger partial charge in [-0.1, -0.05) is 19.3 Å². The molecule has 1 saturated heterocycles. The van der Waals surface area contributed by atoms with Crippen LogP contribution in [0, 0.1) is 0 Å². The van der Waals surface area contributed by atoms with Crippen molar-refractivity contribution in [2.24, 2.45) is 0 Å². The maximum atomic E-state index is 12.6. The first kappa shape index (κ1) is 14.3. The Morgan fingerprint density at radius 3 is 2.39 bits per heavy atom. The molecule has 2 unspecified atom stereocenters. The van der Waals surface area contributed by atoms with Crippen LogP contribution in [0.1, 0.15) is 58.3 Å². The van der Waals surface area contributed by atoms with Crippen molar-refractivity contribution in [3.63, 3.8) is 0 Å². The van der Waals surface area contributed by atoms with E-state index in [0.29, 0.717) is 13.0 Å². The van der Waals surface area contributed by atoms with Crippen molar-refractivity contribution in [3.8, 4) is 0 Å². The summed E-state index contributed by atoms with van der Waals surface area (Å²) in [5, 5.41) is 9.37. The van der Waals surface area contributed by atoms with Crippen LogP contribution in [-0.4, -0.2) is 41.8 Å². The van der Waals surface area contributed by atoms with Gasteiger partial charge in [-0.05, 0) is 39.0 Å². The average molecular weight is 275 g/mol. The lowest BCUT2D eigenvalue weighted by molar-refractivity contribution is 0.131. The Balaban J connectivity index is 2.11. The quantitative estimate of drug-likeness (QED) is 0.852. The third kappa shape index (κ3) is 3.06. The molecule has 4 nitrogen and oxygen atoms in total. The monoisotopic (exact) mass is 275 g/mol. The van der Waals surface area contributed by atoms with Gasteiger partial charge in [0, 0.05) is 12.6 Å². The molecule has 2 atom stereocenters. The van der Waals surface area contributed by atoms with Gasteiger partial charge >= 0.3 is 0 Å². The largest absolute Gasteiger partial charge is 0.393 e. The molecule has 1 aliphatic heterocycles. The predicted molar refractivity (Wildman–Crippen MR) is 71.8 cm³/mol. The van der Waals surface area contributed by atoms with E-state index in [1.807, 2.05) is 0 Å². The van der Waals surface area contributed by atoms with Crippen LogP contribution in [0.4, 0.5) is 0 Å². The van der Waals surface area contributed by atoms with E-state index in [1.165, 1.54) is 0 Å². The molecule has 0 aromatic rings. The zero-order chi connectivity index (χ0) is 13.2. The van der Waals surface area contributed by atoms with E-state index in [2.05, 4.69) is 0 Å². The standard InChI is InChI=1S/C13H25NO3S/c1-11(15)10-12-6-4-5-9-14(12)18(16,17)13-7-2-3-8-13/h11-13,15H,2-10H2,1H3. The fourth-order valence-corrected chi connectivity index (χ4v) is 5.62. The molecule has 18 heavy (non-hydrogen) atoms. The topological polar surface area (TPSA) is 57.6 Å². The summed E-state index contributed by atoms with van der Waals surface area (Å²) in [6, 6.07) is 0.0179. The summed E-state index contributed by atoms with van der Waals surface area (Å²) in [6.07, 6.45) is 6.81. The number of aliphatic hydroxyl groups is 1. The molecule has 0 amide bonds. The minimum Gasteiger partial charge on any atom is -0.393 e. The molecule has 1 heterocycles. The van der Waals surface area contributed by atoms with Crippen LogP contribution in [0.5, 0.6) is 0 Å². The van der Waals surface area contributed by atoms with E-state index in [9.17, 15) is 13.5 Å². The Kier molecular flexibility index (Phi) is 4.67. The summed E-state index contributed by atoms with van der Waals surface area (Å²) in [6.45, 7) is 2.39. The van der Waals surface area contributed by atoms with Gasteiger partial charge in [0.2, 0.25) is 10.0 Å². The van der Waals surface area contributed by atoms with Gasteiger partial charge in [-0.3, -0.25) is 0 Å².